The van der Waals surface area contributed by atoms with Crippen molar-refractivity contribution < 1.29 is 9.53 Å². The summed E-state index contributed by atoms with van der Waals surface area (Å²) in [7, 11) is 0. The molecule has 0 aliphatic rings. The SMILES string of the molecule is CCC(Oc1cccc(N)c1)C(=O)c1ccc(Br)cc1. The zero-order valence-electron chi connectivity index (χ0n) is 11.2. The summed E-state index contributed by atoms with van der Waals surface area (Å²) >= 11 is 3.35. The molecule has 0 aromatic heterocycles. The fraction of sp³-hybridized carbons (Fsp3) is 0.188. The van der Waals surface area contributed by atoms with Crippen LogP contribution in [0, 0.1) is 0 Å². The Morgan fingerprint density at radius 3 is 2.55 bits per heavy atom. The standard InChI is InChI=1S/C16H16BrNO2/c1-2-15(20-14-5-3-4-13(18)10-14)16(19)11-6-8-12(17)9-7-11/h3-10,15H,2,18H2,1H3. The molecule has 0 aliphatic carbocycles. The maximum atomic E-state index is 12.4. The molecule has 4 heteroatoms. The van der Waals surface area contributed by atoms with Crippen LogP contribution in [0.1, 0.15) is 23.7 Å². The third-order valence-electron chi connectivity index (χ3n) is 2.93. The monoisotopic (exact) mass is 333 g/mol. The van der Waals surface area contributed by atoms with Crippen molar-refractivity contribution in [2.24, 2.45) is 0 Å². The van der Waals surface area contributed by atoms with Gasteiger partial charge in [0.1, 0.15) is 5.75 Å². The lowest BCUT2D eigenvalue weighted by Crippen LogP contribution is -2.26. The van der Waals surface area contributed by atoms with Crippen molar-refractivity contribution in [1.29, 1.82) is 0 Å². The minimum atomic E-state index is -0.502. The topological polar surface area (TPSA) is 52.3 Å². The third-order valence-corrected chi connectivity index (χ3v) is 3.46. The number of carbonyl (C=O) groups excluding carboxylic acids is 1. The molecule has 0 heterocycles. The zero-order valence-corrected chi connectivity index (χ0v) is 12.8. The first-order valence-corrected chi connectivity index (χ1v) is 7.21. The molecule has 3 nitrogen and oxygen atoms in total. The van der Waals surface area contributed by atoms with Gasteiger partial charge in [-0.15, -0.1) is 0 Å². The van der Waals surface area contributed by atoms with Gasteiger partial charge in [-0.05, 0) is 30.7 Å². The number of hydrogen-bond acceptors (Lipinski definition) is 3. The van der Waals surface area contributed by atoms with E-state index in [0.717, 1.165) is 4.47 Å². The largest absolute Gasteiger partial charge is 0.482 e. The predicted molar refractivity (Wildman–Crippen MR) is 84.0 cm³/mol. The molecule has 0 saturated carbocycles. The Morgan fingerprint density at radius 1 is 1.25 bits per heavy atom. The lowest BCUT2D eigenvalue weighted by Gasteiger charge is -2.16. The molecule has 104 valence electrons. The molecule has 1 unspecified atom stereocenters. The molecule has 0 bridgehead atoms. The van der Waals surface area contributed by atoms with Crippen LogP contribution in [0.4, 0.5) is 5.69 Å². The maximum absolute atomic E-state index is 12.4. The highest BCUT2D eigenvalue weighted by atomic mass is 79.9. The number of ketones is 1. The Balaban J connectivity index is 2.15. The molecular formula is C16H16BrNO2. The second kappa shape index (κ2) is 6.57. The Morgan fingerprint density at radius 2 is 1.95 bits per heavy atom. The number of nitrogens with two attached hydrogens (primary N) is 1. The van der Waals surface area contributed by atoms with E-state index in [1.165, 1.54) is 0 Å². The van der Waals surface area contributed by atoms with Crippen molar-refractivity contribution in [3.8, 4) is 5.75 Å². The fourth-order valence-corrected chi connectivity index (χ4v) is 2.14. The summed E-state index contributed by atoms with van der Waals surface area (Å²) < 4.78 is 6.69. The van der Waals surface area contributed by atoms with Crippen molar-refractivity contribution in [2.45, 2.75) is 19.4 Å². The Kier molecular flexibility index (Phi) is 4.79. The maximum Gasteiger partial charge on any atom is 0.203 e. The molecule has 2 rings (SSSR count). The van der Waals surface area contributed by atoms with Crippen molar-refractivity contribution in [2.75, 3.05) is 5.73 Å². The van der Waals surface area contributed by atoms with Gasteiger partial charge < -0.3 is 10.5 Å². The van der Waals surface area contributed by atoms with Crippen LogP contribution in [0.15, 0.2) is 53.0 Å². The molecule has 0 aliphatic heterocycles. The smallest absolute Gasteiger partial charge is 0.203 e. The normalized spacial score (nSPS) is 11.9. The van der Waals surface area contributed by atoms with E-state index in [-0.39, 0.29) is 5.78 Å². The zero-order chi connectivity index (χ0) is 14.5. The average Bonchev–Trinajstić information content (AvgIpc) is 2.45. The van der Waals surface area contributed by atoms with E-state index in [9.17, 15) is 4.79 Å². The van der Waals surface area contributed by atoms with E-state index in [4.69, 9.17) is 10.5 Å². The lowest BCUT2D eigenvalue weighted by molar-refractivity contribution is 0.0786. The van der Waals surface area contributed by atoms with Crippen molar-refractivity contribution >= 4 is 27.4 Å². The molecule has 20 heavy (non-hydrogen) atoms. The number of Topliss-reactive ketones (excluding diaryl/α,β-unsaturated/α-hetero) is 1. The van der Waals surface area contributed by atoms with E-state index in [2.05, 4.69) is 15.9 Å². The van der Waals surface area contributed by atoms with E-state index < -0.39 is 6.10 Å². The van der Waals surface area contributed by atoms with E-state index in [1.807, 2.05) is 25.1 Å². The van der Waals surface area contributed by atoms with Crippen LogP contribution in [-0.4, -0.2) is 11.9 Å². The van der Waals surface area contributed by atoms with Crippen LogP contribution in [0.5, 0.6) is 5.75 Å². The molecule has 2 aromatic carbocycles. The minimum absolute atomic E-state index is 0.0255. The van der Waals surface area contributed by atoms with Gasteiger partial charge in [-0.25, -0.2) is 0 Å². The van der Waals surface area contributed by atoms with E-state index >= 15 is 0 Å². The van der Waals surface area contributed by atoms with Crippen molar-refractivity contribution in [3.63, 3.8) is 0 Å². The number of carbonyl (C=O) groups is 1. The number of anilines is 1. The molecule has 0 spiro atoms. The summed E-state index contributed by atoms with van der Waals surface area (Å²) in [5.74, 6) is 0.588. The first-order chi connectivity index (χ1) is 9.60. The number of halogens is 1. The van der Waals surface area contributed by atoms with Crippen LogP contribution < -0.4 is 10.5 Å². The molecule has 2 aromatic rings. The van der Waals surface area contributed by atoms with Crippen molar-refractivity contribution in [3.05, 3.63) is 58.6 Å². The van der Waals surface area contributed by atoms with E-state index in [0.29, 0.717) is 23.4 Å². The minimum Gasteiger partial charge on any atom is -0.482 e. The Hall–Kier alpha value is -1.81. The number of hydrogen-bond donors (Lipinski definition) is 1. The third kappa shape index (κ3) is 3.61. The van der Waals surface area contributed by atoms with Crippen LogP contribution in [-0.2, 0) is 0 Å². The molecule has 0 fully saturated rings. The summed E-state index contributed by atoms with van der Waals surface area (Å²) in [4.78, 5) is 12.4. The van der Waals surface area contributed by atoms with Crippen LogP contribution in [0.2, 0.25) is 0 Å². The summed E-state index contributed by atoms with van der Waals surface area (Å²) in [6.07, 6.45) is 0.0990. The van der Waals surface area contributed by atoms with Crippen molar-refractivity contribution in [1.82, 2.24) is 0 Å². The number of rotatable bonds is 5. The van der Waals surface area contributed by atoms with E-state index in [1.54, 1.807) is 30.3 Å². The molecule has 1 atom stereocenters. The Labute approximate surface area is 126 Å². The highest BCUT2D eigenvalue weighted by molar-refractivity contribution is 9.10. The van der Waals surface area contributed by atoms with Gasteiger partial charge in [0, 0.05) is 21.8 Å². The van der Waals surface area contributed by atoms with Crippen LogP contribution in [0.25, 0.3) is 0 Å². The van der Waals surface area contributed by atoms with Crippen LogP contribution in [0.3, 0.4) is 0 Å². The first kappa shape index (κ1) is 14.6. The van der Waals surface area contributed by atoms with Gasteiger partial charge in [0.05, 0.1) is 0 Å². The molecule has 0 saturated heterocycles. The van der Waals surface area contributed by atoms with Crippen LogP contribution >= 0.6 is 15.9 Å². The average molecular weight is 334 g/mol. The Bertz CT molecular complexity index is 596. The van der Waals surface area contributed by atoms with Gasteiger partial charge in [0.25, 0.3) is 0 Å². The van der Waals surface area contributed by atoms with Gasteiger partial charge >= 0.3 is 0 Å². The van der Waals surface area contributed by atoms with Gasteiger partial charge in [0.2, 0.25) is 5.78 Å². The second-order valence-electron chi connectivity index (χ2n) is 4.46. The van der Waals surface area contributed by atoms with Gasteiger partial charge in [-0.2, -0.15) is 0 Å². The highest BCUT2D eigenvalue weighted by Gasteiger charge is 2.20. The molecule has 2 N–H and O–H groups in total. The summed E-state index contributed by atoms with van der Waals surface area (Å²) in [5.41, 5.74) is 6.97. The number of benzene rings is 2. The second-order valence-corrected chi connectivity index (χ2v) is 5.37. The first-order valence-electron chi connectivity index (χ1n) is 6.42. The summed E-state index contributed by atoms with van der Waals surface area (Å²) in [5, 5.41) is 0. The highest BCUT2D eigenvalue weighted by Crippen LogP contribution is 2.20. The van der Waals surface area contributed by atoms with Gasteiger partial charge in [0.15, 0.2) is 6.10 Å². The lowest BCUT2D eigenvalue weighted by atomic mass is 10.0. The summed E-state index contributed by atoms with van der Waals surface area (Å²) in [6, 6.07) is 14.4. The number of nitrogen functional groups attached to an aromatic ring is 1. The predicted octanol–water partition coefficient (Wildman–Crippen LogP) is 4.07. The number of ether oxygens (including phenoxy) is 1. The molecular weight excluding hydrogens is 318 g/mol. The fourth-order valence-electron chi connectivity index (χ4n) is 1.87. The van der Waals surface area contributed by atoms with Gasteiger partial charge in [-0.1, -0.05) is 41.1 Å². The van der Waals surface area contributed by atoms with Gasteiger partial charge in [-0.3, -0.25) is 4.79 Å². The summed E-state index contributed by atoms with van der Waals surface area (Å²) in [6.45, 7) is 1.92. The molecule has 0 amide bonds. The molecule has 0 radical (unpaired) electrons. The quantitative estimate of drug-likeness (QED) is 0.662.